The minimum absolute atomic E-state index is 0.157. The molecule has 0 unspecified atom stereocenters. The molecule has 7 nitrogen and oxygen atoms in total. The zero-order valence-corrected chi connectivity index (χ0v) is 17.3. The molecule has 0 aliphatic carbocycles. The fraction of sp³-hybridized carbons (Fsp3) is 0.350. The number of hydrogen-bond donors (Lipinski definition) is 2. The fourth-order valence-electron chi connectivity index (χ4n) is 2.47. The first-order chi connectivity index (χ1) is 13.2. The summed E-state index contributed by atoms with van der Waals surface area (Å²) in [6, 6.07) is 11.4. The molecule has 0 heterocycles. The van der Waals surface area contributed by atoms with Crippen LogP contribution in [0, 0.1) is 6.92 Å². The topological polar surface area (TPSA) is 93.7 Å². The van der Waals surface area contributed by atoms with Gasteiger partial charge in [0.05, 0.1) is 11.5 Å². The summed E-state index contributed by atoms with van der Waals surface area (Å²) in [6.45, 7) is 7.53. The highest BCUT2D eigenvalue weighted by Crippen LogP contribution is 2.22. The van der Waals surface area contributed by atoms with Gasteiger partial charge in [0.25, 0.3) is 5.91 Å². The fourth-order valence-corrected chi connectivity index (χ4v) is 3.81. The Morgan fingerprint density at radius 3 is 2.32 bits per heavy atom. The van der Waals surface area contributed by atoms with E-state index in [1.165, 1.54) is 12.1 Å². The van der Waals surface area contributed by atoms with Crippen molar-refractivity contribution in [2.45, 2.75) is 38.6 Å². The predicted octanol–water partition coefficient (Wildman–Crippen LogP) is 3.10. The van der Waals surface area contributed by atoms with E-state index in [1.807, 2.05) is 6.92 Å². The number of nitrogens with one attached hydrogen (secondary N) is 2. The van der Waals surface area contributed by atoms with Crippen LogP contribution in [0.15, 0.2) is 47.4 Å². The molecule has 0 radical (unpaired) electrons. The van der Waals surface area contributed by atoms with Gasteiger partial charge in [0.2, 0.25) is 10.0 Å². The van der Waals surface area contributed by atoms with Gasteiger partial charge in [-0.1, -0.05) is 0 Å². The molecule has 2 N–H and O–H groups in total. The Balaban J connectivity index is 1.95. The molecule has 8 heteroatoms. The Morgan fingerprint density at radius 2 is 1.75 bits per heavy atom. The smallest absolute Gasteiger partial charge is 0.262 e. The van der Waals surface area contributed by atoms with E-state index in [1.54, 1.807) is 51.1 Å². The summed E-state index contributed by atoms with van der Waals surface area (Å²) in [5, 5.41) is 2.73. The first-order valence-corrected chi connectivity index (χ1v) is 10.5. The SMILES string of the molecule is CCOc1ccc(NC(=O)COc2ccc(S(=O)(=O)NC(C)C)cc2C)cc1. The van der Waals surface area contributed by atoms with Crippen LogP contribution in [0.2, 0.25) is 0 Å². The Morgan fingerprint density at radius 1 is 1.07 bits per heavy atom. The standard InChI is InChI=1S/C20H26N2O5S/c1-5-26-17-8-6-16(7-9-17)21-20(23)13-27-19-11-10-18(12-15(19)4)28(24,25)22-14(2)3/h6-12,14,22H,5,13H2,1-4H3,(H,21,23). The van der Waals surface area contributed by atoms with E-state index in [9.17, 15) is 13.2 Å². The molecule has 0 bridgehead atoms. The van der Waals surface area contributed by atoms with Crippen LogP contribution in [-0.2, 0) is 14.8 Å². The number of anilines is 1. The molecule has 2 rings (SSSR count). The average Bonchev–Trinajstić information content (AvgIpc) is 2.61. The summed E-state index contributed by atoms with van der Waals surface area (Å²) in [7, 11) is -3.57. The molecule has 0 saturated carbocycles. The summed E-state index contributed by atoms with van der Waals surface area (Å²) in [4.78, 5) is 12.2. The van der Waals surface area contributed by atoms with Crippen molar-refractivity contribution in [2.75, 3.05) is 18.5 Å². The van der Waals surface area contributed by atoms with Gasteiger partial charge in [0, 0.05) is 11.7 Å². The number of carbonyl (C=O) groups excluding carboxylic acids is 1. The first-order valence-electron chi connectivity index (χ1n) is 8.99. The lowest BCUT2D eigenvalue weighted by molar-refractivity contribution is -0.118. The molecule has 28 heavy (non-hydrogen) atoms. The van der Waals surface area contributed by atoms with E-state index >= 15 is 0 Å². The minimum atomic E-state index is -3.57. The third-order valence-corrected chi connectivity index (χ3v) is 5.31. The van der Waals surface area contributed by atoms with Crippen LogP contribution < -0.4 is 19.5 Å². The molecule has 0 fully saturated rings. The van der Waals surface area contributed by atoms with E-state index in [-0.39, 0.29) is 23.5 Å². The van der Waals surface area contributed by atoms with Crippen molar-refractivity contribution in [3.05, 3.63) is 48.0 Å². The number of carbonyl (C=O) groups is 1. The highest BCUT2D eigenvalue weighted by molar-refractivity contribution is 7.89. The van der Waals surface area contributed by atoms with Crippen LogP contribution in [0.5, 0.6) is 11.5 Å². The molecular weight excluding hydrogens is 380 g/mol. The van der Waals surface area contributed by atoms with Gasteiger partial charge in [0.1, 0.15) is 11.5 Å². The van der Waals surface area contributed by atoms with E-state index in [0.29, 0.717) is 23.6 Å². The molecule has 0 spiro atoms. The number of hydrogen-bond acceptors (Lipinski definition) is 5. The molecule has 0 aromatic heterocycles. The number of amides is 1. The van der Waals surface area contributed by atoms with Gasteiger partial charge >= 0.3 is 0 Å². The summed E-state index contributed by atoms with van der Waals surface area (Å²) >= 11 is 0. The van der Waals surface area contributed by atoms with Crippen molar-refractivity contribution in [2.24, 2.45) is 0 Å². The van der Waals surface area contributed by atoms with Crippen molar-refractivity contribution < 1.29 is 22.7 Å². The van der Waals surface area contributed by atoms with Crippen LogP contribution in [0.3, 0.4) is 0 Å². The lowest BCUT2D eigenvalue weighted by Gasteiger charge is -2.13. The summed E-state index contributed by atoms with van der Waals surface area (Å²) in [5.74, 6) is 0.862. The molecule has 0 aliphatic rings. The number of sulfonamides is 1. The second kappa shape index (κ2) is 9.57. The minimum Gasteiger partial charge on any atom is -0.494 e. The number of rotatable bonds is 9. The van der Waals surface area contributed by atoms with Crippen LogP contribution in [0.25, 0.3) is 0 Å². The van der Waals surface area contributed by atoms with Gasteiger partial charge in [-0.3, -0.25) is 4.79 Å². The molecule has 152 valence electrons. The second-order valence-corrected chi connectivity index (χ2v) is 8.21. The number of ether oxygens (including phenoxy) is 2. The quantitative estimate of drug-likeness (QED) is 0.667. The Kier molecular flexibility index (Phi) is 7.42. The lowest BCUT2D eigenvalue weighted by Crippen LogP contribution is -2.30. The van der Waals surface area contributed by atoms with Crippen LogP contribution in [0.4, 0.5) is 5.69 Å². The maximum absolute atomic E-state index is 12.2. The van der Waals surface area contributed by atoms with Gasteiger partial charge in [-0.25, -0.2) is 13.1 Å². The Labute approximate surface area is 166 Å². The van der Waals surface area contributed by atoms with Crippen LogP contribution in [0.1, 0.15) is 26.3 Å². The zero-order valence-electron chi connectivity index (χ0n) is 16.5. The first kappa shape index (κ1) is 21.7. The van der Waals surface area contributed by atoms with Gasteiger partial charge in [-0.2, -0.15) is 0 Å². The maximum atomic E-state index is 12.2. The van der Waals surface area contributed by atoms with E-state index < -0.39 is 10.0 Å². The van der Waals surface area contributed by atoms with E-state index in [0.717, 1.165) is 5.75 Å². The Bertz CT molecular complexity index is 909. The maximum Gasteiger partial charge on any atom is 0.262 e. The summed E-state index contributed by atoms with van der Waals surface area (Å²) in [6.07, 6.45) is 0. The van der Waals surface area contributed by atoms with E-state index in [2.05, 4.69) is 10.0 Å². The average molecular weight is 407 g/mol. The van der Waals surface area contributed by atoms with Gasteiger partial charge in [0.15, 0.2) is 6.61 Å². The van der Waals surface area contributed by atoms with Crippen molar-refractivity contribution in [3.63, 3.8) is 0 Å². The van der Waals surface area contributed by atoms with Crippen molar-refractivity contribution in [1.29, 1.82) is 0 Å². The molecule has 0 atom stereocenters. The molecule has 0 aliphatic heterocycles. The highest BCUT2D eigenvalue weighted by Gasteiger charge is 2.17. The normalized spacial score (nSPS) is 11.3. The molecule has 2 aromatic rings. The van der Waals surface area contributed by atoms with Crippen molar-refractivity contribution in [1.82, 2.24) is 4.72 Å². The van der Waals surface area contributed by atoms with Crippen LogP contribution in [-0.4, -0.2) is 33.6 Å². The highest BCUT2D eigenvalue weighted by atomic mass is 32.2. The van der Waals surface area contributed by atoms with E-state index in [4.69, 9.17) is 9.47 Å². The predicted molar refractivity (Wildman–Crippen MR) is 108 cm³/mol. The molecule has 2 aromatic carbocycles. The van der Waals surface area contributed by atoms with Gasteiger partial charge in [-0.05, 0) is 75.7 Å². The number of aryl methyl sites for hydroxylation is 1. The molecular formula is C20H26N2O5S. The van der Waals surface area contributed by atoms with Gasteiger partial charge < -0.3 is 14.8 Å². The number of benzene rings is 2. The monoisotopic (exact) mass is 406 g/mol. The Hall–Kier alpha value is -2.58. The summed E-state index contributed by atoms with van der Waals surface area (Å²) < 4.78 is 37.8. The third kappa shape index (κ3) is 6.24. The summed E-state index contributed by atoms with van der Waals surface area (Å²) in [5.41, 5.74) is 1.26. The molecule has 0 saturated heterocycles. The lowest BCUT2D eigenvalue weighted by atomic mass is 10.2. The third-order valence-electron chi connectivity index (χ3n) is 3.66. The van der Waals surface area contributed by atoms with Gasteiger partial charge in [-0.15, -0.1) is 0 Å². The van der Waals surface area contributed by atoms with Crippen molar-refractivity contribution in [3.8, 4) is 11.5 Å². The van der Waals surface area contributed by atoms with Crippen LogP contribution >= 0.6 is 0 Å². The van der Waals surface area contributed by atoms with Crippen molar-refractivity contribution >= 4 is 21.6 Å². The second-order valence-electron chi connectivity index (χ2n) is 6.50. The molecule has 1 amide bonds. The largest absolute Gasteiger partial charge is 0.494 e. The zero-order chi connectivity index (χ0) is 20.7.